The molecule has 0 aromatic heterocycles. The summed E-state index contributed by atoms with van der Waals surface area (Å²) >= 11 is 0. The molecule has 0 aliphatic heterocycles. The van der Waals surface area contributed by atoms with Crippen molar-refractivity contribution in [2.24, 2.45) is 0 Å². The van der Waals surface area contributed by atoms with Crippen LogP contribution in [0.15, 0.2) is 18.2 Å². The van der Waals surface area contributed by atoms with E-state index in [2.05, 4.69) is 22.6 Å². The number of hydrogen-bond acceptors (Lipinski definition) is 3. The summed E-state index contributed by atoms with van der Waals surface area (Å²) in [7, 11) is 2.14. The normalized spacial score (nSPS) is 15.0. The molecule has 0 heterocycles. The molecule has 0 radical (unpaired) electrons. The highest BCUT2D eigenvalue weighted by Crippen LogP contribution is 2.21. The lowest BCUT2D eigenvalue weighted by atomic mass is 9.94. The fourth-order valence-corrected chi connectivity index (χ4v) is 3.41. The lowest BCUT2D eigenvalue weighted by Gasteiger charge is -2.31. The number of benzene rings is 1. The number of halogens is 2. The van der Waals surface area contributed by atoms with Crippen LogP contribution >= 0.6 is 0 Å². The summed E-state index contributed by atoms with van der Waals surface area (Å²) in [5, 5.41) is 5.30. The first-order valence-electron chi connectivity index (χ1n) is 9.67. The summed E-state index contributed by atoms with van der Waals surface area (Å²) in [6, 6.07) is 3.43. The van der Waals surface area contributed by atoms with Gasteiger partial charge in [0.05, 0.1) is 5.56 Å². The van der Waals surface area contributed by atoms with E-state index in [9.17, 15) is 18.4 Å². The Balaban J connectivity index is 1.57. The average molecular weight is 381 g/mol. The minimum atomic E-state index is -0.918. The van der Waals surface area contributed by atoms with Gasteiger partial charge in [0.25, 0.3) is 5.91 Å². The first-order chi connectivity index (χ1) is 13.0. The molecule has 0 bridgehead atoms. The van der Waals surface area contributed by atoms with E-state index in [4.69, 9.17) is 0 Å². The predicted molar refractivity (Wildman–Crippen MR) is 100 cm³/mol. The molecule has 0 atom stereocenters. The Bertz CT molecular complexity index is 634. The first kappa shape index (κ1) is 21.3. The third-order valence-electron chi connectivity index (χ3n) is 5.02. The predicted octanol–water partition coefficient (Wildman–Crippen LogP) is 2.86. The first-order valence-corrected chi connectivity index (χ1v) is 9.67. The number of rotatable bonds is 9. The van der Waals surface area contributed by atoms with Crippen molar-refractivity contribution in [3.05, 3.63) is 35.4 Å². The summed E-state index contributed by atoms with van der Waals surface area (Å²) in [5.74, 6) is -2.47. The smallest absolute Gasteiger partial charge is 0.254 e. The van der Waals surface area contributed by atoms with Crippen LogP contribution in [0.4, 0.5) is 8.78 Å². The fourth-order valence-electron chi connectivity index (χ4n) is 3.41. The molecule has 1 saturated carbocycles. The molecule has 1 aromatic carbocycles. The molecule has 2 amide bonds. The second-order valence-electron chi connectivity index (χ2n) is 7.11. The molecule has 27 heavy (non-hydrogen) atoms. The van der Waals surface area contributed by atoms with Gasteiger partial charge >= 0.3 is 0 Å². The minimum absolute atomic E-state index is 0.101. The highest BCUT2D eigenvalue weighted by Gasteiger charge is 2.17. The summed E-state index contributed by atoms with van der Waals surface area (Å²) in [6.45, 7) is 1.64. The summed E-state index contributed by atoms with van der Waals surface area (Å²) in [5.41, 5.74) is -0.234. The lowest BCUT2D eigenvalue weighted by Crippen LogP contribution is -2.36. The topological polar surface area (TPSA) is 61.4 Å². The molecule has 5 nitrogen and oxygen atoms in total. The van der Waals surface area contributed by atoms with Crippen molar-refractivity contribution in [2.75, 3.05) is 26.7 Å². The van der Waals surface area contributed by atoms with Gasteiger partial charge < -0.3 is 15.5 Å². The second-order valence-corrected chi connectivity index (χ2v) is 7.11. The van der Waals surface area contributed by atoms with Crippen molar-refractivity contribution < 1.29 is 18.4 Å². The summed E-state index contributed by atoms with van der Waals surface area (Å²) in [4.78, 5) is 26.0. The molecular weight excluding hydrogens is 352 g/mol. The van der Waals surface area contributed by atoms with E-state index < -0.39 is 17.5 Å². The maximum Gasteiger partial charge on any atom is 0.254 e. The number of nitrogens with zero attached hydrogens (tertiary/aromatic N) is 1. The lowest BCUT2D eigenvalue weighted by molar-refractivity contribution is -0.120. The molecular formula is C20H29F2N3O2. The van der Waals surface area contributed by atoms with Crippen molar-refractivity contribution in [2.45, 2.75) is 51.0 Å². The standard InChI is InChI=1S/C20H29F2N3O2/c1-25(16-6-3-2-4-7-16)13-5-11-23-19(26)10-12-24-20(27)17-9-8-15(21)14-18(17)22/h8-9,14,16H,2-7,10-13H2,1H3,(H,23,26)(H,24,27). The SMILES string of the molecule is CN(CCCNC(=O)CCNC(=O)c1ccc(F)cc1F)C1CCCCC1. The van der Waals surface area contributed by atoms with E-state index in [0.29, 0.717) is 18.7 Å². The molecule has 1 aromatic rings. The molecule has 2 N–H and O–H groups in total. The Morgan fingerprint density at radius 3 is 2.56 bits per heavy atom. The van der Waals surface area contributed by atoms with Crippen LogP contribution in [0.5, 0.6) is 0 Å². The zero-order chi connectivity index (χ0) is 19.6. The third kappa shape index (κ3) is 7.25. The second kappa shape index (κ2) is 11.0. The summed E-state index contributed by atoms with van der Waals surface area (Å²) in [6.07, 6.45) is 7.47. The molecule has 1 fully saturated rings. The Morgan fingerprint density at radius 1 is 1.11 bits per heavy atom. The van der Waals surface area contributed by atoms with Crippen LogP contribution in [0.25, 0.3) is 0 Å². The van der Waals surface area contributed by atoms with Crippen LogP contribution in [0.1, 0.15) is 55.3 Å². The zero-order valence-corrected chi connectivity index (χ0v) is 15.9. The van der Waals surface area contributed by atoms with Crippen molar-refractivity contribution >= 4 is 11.8 Å². The van der Waals surface area contributed by atoms with Gasteiger partial charge in [0, 0.05) is 31.6 Å². The largest absolute Gasteiger partial charge is 0.356 e. The van der Waals surface area contributed by atoms with Crippen LogP contribution in [0.2, 0.25) is 0 Å². The van der Waals surface area contributed by atoms with Crippen LogP contribution in [-0.4, -0.2) is 49.4 Å². The molecule has 0 saturated heterocycles. The van der Waals surface area contributed by atoms with Gasteiger partial charge in [0.15, 0.2) is 0 Å². The Labute approximate surface area is 159 Å². The highest BCUT2D eigenvalue weighted by atomic mass is 19.1. The average Bonchev–Trinajstić information content (AvgIpc) is 2.65. The molecule has 150 valence electrons. The van der Waals surface area contributed by atoms with Crippen LogP contribution < -0.4 is 10.6 Å². The van der Waals surface area contributed by atoms with E-state index in [0.717, 1.165) is 25.1 Å². The number of amides is 2. The Hall–Kier alpha value is -2.02. The number of nitrogens with one attached hydrogen (secondary N) is 2. The molecule has 1 aliphatic rings. The van der Waals surface area contributed by atoms with Gasteiger partial charge in [-0.05, 0) is 45.0 Å². The fraction of sp³-hybridized carbons (Fsp3) is 0.600. The van der Waals surface area contributed by atoms with Crippen LogP contribution in [0.3, 0.4) is 0 Å². The summed E-state index contributed by atoms with van der Waals surface area (Å²) < 4.78 is 26.4. The molecule has 0 unspecified atom stereocenters. The highest BCUT2D eigenvalue weighted by molar-refractivity contribution is 5.94. The number of carbonyl (C=O) groups excluding carboxylic acids is 2. The number of hydrogen-bond donors (Lipinski definition) is 2. The van der Waals surface area contributed by atoms with Gasteiger partial charge in [-0.1, -0.05) is 19.3 Å². The zero-order valence-electron chi connectivity index (χ0n) is 15.9. The van der Waals surface area contributed by atoms with Gasteiger partial charge in [-0.25, -0.2) is 8.78 Å². The van der Waals surface area contributed by atoms with E-state index in [1.54, 1.807) is 0 Å². The van der Waals surface area contributed by atoms with E-state index in [1.165, 1.54) is 32.1 Å². The molecule has 0 spiro atoms. The molecule has 1 aliphatic carbocycles. The third-order valence-corrected chi connectivity index (χ3v) is 5.02. The van der Waals surface area contributed by atoms with Gasteiger partial charge in [0.1, 0.15) is 11.6 Å². The Morgan fingerprint density at radius 2 is 1.85 bits per heavy atom. The molecule has 2 rings (SSSR count). The molecule has 7 heteroatoms. The van der Waals surface area contributed by atoms with Crippen molar-refractivity contribution in [1.29, 1.82) is 0 Å². The quantitative estimate of drug-likeness (QED) is 0.647. The number of carbonyl (C=O) groups is 2. The maximum absolute atomic E-state index is 13.5. The van der Waals surface area contributed by atoms with Gasteiger partial charge in [-0.2, -0.15) is 0 Å². The van der Waals surface area contributed by atoms with Crippen LogP contribution in [0, 0.1) is 11.6 Å². The van der Waals surface area contributed by atoms with Gasteiger partial charge in [-0.15, -0.1) is 0 Å². The van der Waals surface area contributed by atoms with Gasteiger partial charge in [-0.3, -0.25) is 9.59 Å². The van der Waals surface area contributed by atoms with Crippen molar-refractivity contribution in [3.63, 3.8) is 0 Å². The van der Waals surface area contributed by atoms with Crippen molar-refractivity contribution in [1.82, 2.24) is 15.5 Å². The van der Waals surface area contributed by atoms with E-state index >= 15 is 0 Å². The Kier molecular flexibility index (Phi) is 8.64. The van der Waals surface area contributed by atoms with Crippen molar-refractivity contribution in [3.8, 4) is 0 Å². The van der Waals surface area contributed by atoms with Crippen LogP contribution in [-0.2, 0) is 4.79 Å². The van der Waals surface area contributed by atoms with E-state index in [-0.39, 0.29) is 24.4 Å². The minimum Gasteiger partial charge on any atom is -0.356 e. The van der Waals surface area contributed by atoms with Gasteiger partial charge in [0.2, 0.25) is 5.91 Å². The monoisotopic (exact) mass is 381 g/mol. The van der Waals surface area contributed by atoms with E-state index in [1.807, 2.05) is 0 Å². The maximum atomic E-state index is 13.5.